The smallest absolute Gasteiger partial charge is 0.123 e. The molecular formula is C14H17NO. The highest BCUT2D eigenvalue weighted by Crippen LogP contribution is 2.30. The summed E-state index contributed by atoms with van der Waals surface area (Å²) in [5.41, 5.74) is 1.30. The van der Waals surface area contributed by atoms with Gasteiger partial charge in [-0.05, 0) is 25.1 Å². The van der Waals surface area contributed by atoms with Crippen molar-refractivity contribution in [2.24, 2.45) is 0 Å². The number of nitrogens with one attached hydrogen (secondary N) is 1. The molecule has 0 amide bonds. The van der Waals surface area contributed by atoms with Gasteiger partial charge in [0.15, 0.2) is 0 Å². The number of terminal acetylenes is 1. The highest BCUT2D eigenvalue weighted by molar-refractivity contribution is 5.37. The second-order valence-electron chi connectivity index (χ2n) is 4.11. The number of hydrogen-bond acceptors (Lipinski definition) is 2. The maximum absolute atomic E-state index is 5.93. The maximum Gasteiger partial charge on any atom is 0.123 e. The van der Waals surface area contributed by atoms with Gasteiger partial charge >= 0.3 is 0 Å². The molecule has 84 valence electrons. The second-order valence-corrected chi connectivity index (χ2v) is 4.11. The molecular weight excluding hydrogens is 198 g/mol. The quantitative estimate of drug-likeness (QED) is 0.776. The molecule has 0 bridgehead atoms. The Balaban J connectivity index is 2.01. The van der Waals surface area contributed by atoms with E-state index in [0.29, 0.717) is 6.04 Å². The molecule has 2 nitrogen and oxygen atoms in total. The fraction of sp³-hybridized carbons (Fsp3) is 0.429. The summed E-state index contributed by atoms with van der Waals surface area (Å²) < 4.78 is 5.93. The van der Waals surface area contributed by atoms with Gasteiger partial charge in [0.2, 0.25) is 0 Å². The molecule has 0 saturated heterocycles. The molecule has 1 aromatic rings. The summed E-state index contributed by atoms with van der Waals surface area (Å²) in [6.07, 6.45) is 8.25. The number of likely N-dealkylation sites (N-methyl/N-ethyl adjacent to an activating group) is 1. The monoisotopic (exact) mass is 215 g/mol. The van der Waals surface area contributed by atoms with Crippen molar-refractivity contribution in [3.05, 3.63) is 29.8 Å². The molecule has 1 aliphatic rings. The van der Waals surface area contributed by atoms with E-state index in [0.717, 1.165) is 25.0 Å². The minimum atomic E-state index is 0.218. The summed E-state index contributed by atoms with van der Waals surface area (Å²) in [6.45, 7) is 0. The number of fused-ring (bicyclic) bond motifs is 1. The van der Waals surface area contributed by atoms with Gasteiger partial charge in [-0.25, -0.2) is 0 Å². The molecule has 1 aliphatic heterocycles. The fourth-order valence-electron chi connectivity index (χ4n) is 2.19. The zero-order valence-electron chi connectivity index (χ0n) is 9.57. The van der Waals surface area contributed by atoms with Crippen LogP contribution < -0.4 is 10.1 Å². The maximum atomic E-state index is 5.93. The number of benzene rings is 1. The first kappa shape index (κ1) is 11.0. The van der Waals surface area contributed by atoms with Gasteiger partial charge in [0.05, 0.1) is 0 Å². The Labute approximate surface area is 97.0 Å². The average Bonchev–Trinajstić information content (AvgIpc) is 2.73. The minimum Gasteiger partial charge on any atom is -0.488 e. The first-order chi connectivity index (χ1) is 7.85. The molecule has 16 heavy (non-hydrogen) atoms. The number of ether oxygens (including phenoxy) is 1. The van der Waals surface area contributed by atoms with Crippen molar-refractivity contribution in [1.29, 1.82) is 0 Å². The minimum absolute atomic E-state index is 0.218. The van der Waals surface area contributed by atoms with Gasteiger partial charge in [-0.1, -0.05) is 18.2 Å². The lowest BCUT2D eigenvalue weighted by Crippen LogP contribution is -2.40. The normalized spacial score (nSPS) is 19.6. The van der Waals surface area contributed by atoms with Crippen LogP contribution in [0.25, 0.3) is 0 Å². The fourth-order valence-corrected chi connectivity index (χ4v) is 2.19. The molecule has 0 aromatic heterocycles. The topological polar surface area (TPSA) is 21.3 Å². The predicted molar refractivity (Wildman–Crippen MR) is 65.5 cm³/mol. The summed E-state index contributed by atoms with van der Waals surface area (Å²) in [5.74, 6) is 3.70. The predicted octanol–water partition coefficient (Wildman–Crippen LogP) is 1.99. The number of para-hydroxylation sites is 1. The van der Waals surface area contributed by atoms with Crippen LogP contribution in [0.15, 0.2) is 24.3 Å². The van der Waals surface area contributed by atoms with E-state index in [1.807, 2.05) is 19.2 Å². The van der Waals surface area contributed by atoms with Crippen LogP contribution in [0.1, 0.15) is 18.4 Å². The third-order valence-corrected chi connectivity index (χ3v) is 3.09. The lowest BCUT2D eigenvalue weighted by atomic mass is 10.0. The van der Waals surface area contributed by atoms with Gasteiger partial charge in [0.1, 0.15) is 11.9 Å². The second kappa shape index (κ2) is 5.05. The Morgan fingerprint density at radius 2 is 2.38 bits per heavy atom. The standard InChI is InChI=1S/C14H17NO/c1-3-4-8-12(15-2)14-10-11-7-5-6-9-13(11)16-14/h1,5-7,9,12,14-15H,4,8,10H2,2H3. The first-order valence-electron chi connectivity index (χ1n) is 5.70. The van der Waals surface area contributed by atoms with Crippen molar-refractivity contribution in [2.45, 2.75) is 31.4 Å². The molecule has 1 heterocycles. The Hall–Kier alpha value is -1.46. The Kier molecular flexibility index (Phi) is 3.48. The van der Waals surface area contributed by atoms with Crippen molar-refractivity contribution in [3.8, 4) is 18.1 Å². The van der Waals surface area contributed by atoms with Gasteiger partial charge in [-0.3, -0.25) is 0 Å². The summed E-state index contributed by atoms with van der Waals surface area (Å²) >= 11 is 0. The third kappa shape index (κ3) is 2.20. The van der Waals surface area contributed by atoms with Crippen LogP contribution in [0.4, 0.5) is 0 Å². The summed E-state index contributed by atoms with van der Waals surface area (Å²) in [6, 6.07) is 8.56. The van der Waals surface area contributed by atoms with Crippen molar-refractivity contribution in [1.82, 2.24) is 5.32 Å². The summed E-state index contributed by atoms with van der Waals surface area (Å²) in [5, 5.41) is 3.29. The summed E-state index contributed by atoms with van der Waals surface area (Å²) in [7, 11) is 1.97. The molecule has 2 unspecified atom stereocenters. The van der Waals surface area contributed by atoms with E-state index in [1.54, 1.807) is 0 Å². The number of rotatable bonds is 4. The van der Waals surface area contributed by atoms with Crippen LogP contribution in [0.5, 0.6) is 5.75 Å². The molecule has 1 aromatic carbocycles. The van der Waals surface area contributed by atoms with Gasteiger partial charge in [-0.15, -0.1) is 12.3 Å². The Morgan fingerprint density at radius 1 is 1.56 bits per heavy atom. The zero-order chi connectivity index (χ0) is 11.4. The van der Waals surface area contributed by atoms with E-state index >= 15 is 0 Å². The first-order valence-corrected chi connectivity index (χ1v) is 5.70. The van der Waals surface area contributed by atoms with Crippen molar-refractivity contribution < 1.29 is 4.74 Å². The highest BCUT2D eigenvalue weighted by Gasteiger charge is 2.28. The van der Waals surface area contributed by atoms with Crippen LogP contribution >= 0.6 is 0 Å². The molecule has 0 fully saturated rings. The molecule has 2 heteroatoms. The molecule has 1 N–H and O–H groups in total. The van der Waals surface area contributed by atoms with Crippen LogP contribution in [0.2, 0.25) is 0 Å². The van der Waals surface area contributed by atoms with E-state index < -0.39 is 0 Å². The molecule has 2 rings (SSSR count). The lowest BCUT2D eigenvalue weighted by molar-refractivity contribution is 0.178. The zero-order valence-corrected chi connectivity index (χ0v) is 9.57. The van der Waals surface area contributed by atoms with Crippen LogP contribution in [0, 0.1) is 12.3 Å². The van der Waals surface area contributed by atoms with Gasteiger partial charge < -0.3 is 10.1 Å². The van der Waals surface area contributed by atoms with Crippen molar-refractivity contribution >= 4 is 0 Å². The van der Waals surface area contributed by atoms with Crippen molar-refractivity contribution in [3.63, 3.8) is 0 Å². The molecule has 2 atom stereocenters. The van der Waals surface area contributed by atoms with Crippen LogP contribution in [-0.2, 0) is 6.42 Å². The average molecular weight is 215 g/mol. The van der Waals surface area contributed by atoms with Gasteiger partial charge in [0.25, 0.3) is 0 Å². The van der Waals surface area contributed by atoms with Crippen LogP contribution in [-0.4, -0.2) is 19.2 Å². The van der Waals surface area contributed by atoms with Crippen molar-refractivity contribution in [2.75, 3.05) is 7.05 Å². The van der Waals surface area contributed by atoms with E-state index in [-0.39, 0.29) is 6.10 Å². The molecule has 0 aliphatic carbocycles. The van der Waals surface area contributed by atoms with E-state index in [2.05, 4.69) is 23.4 Å². The largest absolute Gasteiger partial charge is 0.488 e. The van der Waals surface area contributed by atoms with E-state index in [9.17, 15) is 0 Å². The lowest BCUT2D eigenvalue weighted by Gasteiger charge is -2.21. The Bertz CT molecular complexity index is 369. The molecule has 0 spiro atoms. The molecule has 0 radical (unpaired) electrons. The highest BCUT2D eigenvalue weighted by atomic mass is 16.5. The SMILES string of the molecule is C#CCCC(NC)C1Cc2ccccc2O1. The van der Waals surface area contributed by atoms with Gasteiger partial charge in [0, 0.05) is 18.9 Å². The van der Waals surface area contributed by atoms with Crippen LogP contribution in [0.3, 0.4) is 0 Å². The van der Waals surface area contributed by atoms with E-state index in [1.165, 1.54) is 5.56 Å². The number of hydrogen-bond donors (Lipinski definition) is 1. The summed E-state index contributed by atoms with van der Waals surface area (Å²) in [4.78, 5) is 0. The molecule has 0 saturated carbocycles. The van der Waals surface area contributed by atoms with Gasteiger partial charge in [-0.2, -0.15) is 0 Å². The third-order valence-electron chi connectivity index (χ3n) is 3.09. The van der Waals surface area contributed by atoms with E-state index in [4.69, 9.17) is 11.2 Å². The Morgan fingerprint density at radius 3 is 3.06 bits per heavy atom.